The second-order valence-corrected chi connectivity index (χ2v) is 12.0. The molecule has 0 spiro atoms. The van der Waals surface area contributed by atoms with Crippen LogP contribution < -0.4 is 14.7 Å². The van der Waals surface area contributed by atoms with Crippen LogP contribution in [0.5, 0.6) is 0 Å². The highest BCUT2D eigenvalue weighted by Gasteiger charge is 2.11. The van der Waals surface area contributed by atoms with Crippen LogP contribution in [0.25, 0.3) is 0 Å². The Hall–Kier alpha value is -5.44. The van der Waals surface area contributed by atoms with Gasteiger partial charge in [-0.3, -0.25) is 0 Å². The average Bonchev–Trinajstić information content (AvgIpc) is 3.52. The van der Waals surface area contributed by atoms with Gasteiger partial charge in [0, 0.05) is 95.5 Å². The van der Waals surface area contributed by atoms with Crippen molar-refractivity contribution in [3.05, 3.63) is 126 Å². The highest BCUT2D eigenvalue weighted by atomic mass is 15.3. The van der Waals surface area contributed by atoms with Gasteiger partial charge in [-0.15, -0.1) is 5.10 Å². The van der Waals surface area contributed by atoms with Crippen molar-refractivity contribution in [3.8, 4) is 0 Å². The third-order valence-electron chi connectivity index (χ3n) is 8.04. The molecule has 0 amide bonds. The molecule has 1 aliphatic heterocycles. The van der Waals surface area contributed by atoms with Gasteiger partial charge in [-0.2, -0.15) is 15.3 Å². The fraction of sp³-hybridized carbons (Fsp3) is 0.263. The van der Waals surface area contributed by atoms with Crippen LogP contribution >= 0.6 is 0 Å². The molecule has 5 rings (SSSR count). The van der Waals surface area contributed by atoms with E-state index in [0.717, 1.165) is 71.5 Å². The molecule has 242 valence electrons. The summed E-state index contributed by atoms with van der Waals surface area (Å²) in [7, 11) is 10.2. The van der Waals surface area contributed by atoms with Crippen LogP contribution in [-0.4, -0.2) is 83.3 Å². The van der Waals surface area contributed by atoms with Gasteiger partial charge in [0.25, 0.3) is 0 Å². The number of rotatable bonds is 13. The van der Waals surface area contributed by atoms with Crippen LogP contribution in [0.2, 0.25) is 0 Å². The summed E-state index contributed by atoms with van der Waals surface area (Å²) in [4.78, 5) is 11.0. The molecule has 0 bridgehead atoms. The first kappa shape index (κ1) is 32.9. The van der Waals surface area contributed by atoms with E-state index in [1.165, 1.54) is 5.69 Å². The van der Waals surface area contributed by atoms with Crippen molar-refractivity contribution < 1.29 is 0 Å². The first-order chi connectivity index (χ1) is 22.8. The minimum Gasteiger partial charge on any atom is -0.378 e. The highest BCUT2D eigenvalue weighted by molar-refractivity contribution is 6.13. The summed E-state index contributed by atoms with van der Waals surface area (Å²) < 4.78 is 0. The van der Waals surface area contributed by atoms with Crippen LogP contribution in [0.15, 0.2) is 130 Å². The zero-order valence-electron chi connectivity index (χ0n) is 28.3. The second kappa shape index (κ2) is 15.7. The molecule has 9 heteroatoms. The topological polar surface area (TPSA) is 65.6 Å². The predicted octanol–water partition coefficient (Wildman–Crippen LogP) is 7.61. The van der Waals surface area contributed by atoms with Gasteiger partial charge >= 0.3 is 0 Å². The van der Waals surface area contributed by atoms with E-state index in [9.17, 15) is 0 Å². The number of hydrogen-bond acceptors (Lipinski definition) is 9. The fourth-order valence-electron chi connectivity index (χ4n) is 5.20. The molecule has 4 aromatic carbocycles. The van der Waals surface area contributed by atoms with E-state index in [-0.39, 0.29) is 0 Å². The van der Waals surface area contributed by atoms with Gasteiger partial charge in [0.15, 0.2) is 0 Å². The van der Waals surface area contributed by atoms with Crippen molar-refractivity contribution in [2.45, 2.75) is 6.92 Å². The third-order valence-corrected chi connectivity index (χ3v) is 8.04. The Morgan fingerprint density at radius 1 is 0.681 bits per heavy atom. The van der Waals surface area contributed by atoms with E-state index < -0.39 is 0 Å². The van der Waals surface area contributed by atoms with Crippen LogP contribution in [0.4, 0.5) is 28.4 Å². The Morgan fingerprint density at radius 2 is 1.19 bits per heavy atom. The number of nitrogens with zero attached hydrogens (tertiary/aromatic N) is 9. The molecule has 0 saturated heterocycles. The molecule has 0 atom stereocenters. The zero-order valence-corrected chi connectivity index (χ0v) is 28.3. The maximum atomic E-state index is 4.67. The number of hydrogen-bond donors (Lipinski definition) is 0. The Labute approximate surface area is 279 Å². The maximum Gasteiger partial charge on any atom is 0.100 e. The minimum absolute atomic E-state index is 0.774. The lowest BCUT2D eigenvalue weighted by molar-refractivity contribution is 0.301. The van der Waals surface area contributed by atoms with Crippen LogP contribution in [0.3, 0.4) is 0 Å². The largest absolute Gasteiger partial charge is 0.378 e. The Balaban J connectivity index is 1.23. The van der Waals surface area contributed by atoms with Crippen LogP contribution in [-0.2, 0) is 0 Å². The Bertz CT molecular complexity index is 1630. The first-order valence-electron chi connectivity index (χ1n) is 15.9. The lowest BCUT2D eigenvalue weighted by atomic mass is 10.0. The summed E-state index contributed by atoms with van der Waals surface area (Å²) in [5, 5.41) is 18.1. The monoisotopic (exact) mass is 627 g/mol. The number of likely N-dealkylation sites (N-methyl/N-ethyl adjacent to an activating group) is 1. The Kier molecular flexibility index (Phi) is 11.0. The molecule has 0 unspecified atom stereocenters. The van der Waals surface area contributed by atoms with Crippen molar-refractivity contribution in [2.24, 2.45) is 20.4 Å². The molecule has 9 nitrogen and oxygen atoms in total. The van der Waals surface area contributed by atoms with Gasteiger partial charge < -0.3 is 24.5 Å². The summed E-state index contributed by atoms with van der Waals surface area (Å²) in [6, 6.07) is 32.8. The zero-order chi connectivity index (χ0) is 33.2. The molecule has 0 aliphatic carbocycles. The lowest BCUT2D eigenvalue weighted by Gasteiger charge is -2.26. The van der Waals surface area contributed by atoms with Gasteiger partial charge in [0.2, 0.25) is 0 Å². The van der Waals surface area contributed by atoms with Crippen LogP contribution in [0.1, 0.15) is 23.6 Å². The molecule has 0 N–H and O–H groups in total. The second-order valence-electron chi connectivity index (χ2n) is 12.0. The highest BCUT2D eigenvalue weighted by Crippen LogP contribution is 2.23. The van der Waals surface area contributed by atoms with E-state index >= 15 is 0 Å². The third kappa shape index (κ3) is 9.07. The van der Waals surface area contributed by atoms with Crippen LogP contribution in [0, 0.1) is 0 Å². The summed E-state index contributed by atoms with van der Waals surface area (Å²) in [6.07, 6.45) is 6.03. The van der Waals surface area contributed by atoms with E-state index in [0.29, 0.717) is 0 Å². The summed E-state index contributed by atoms with van der Waals surface area (Å²) in [5.74, 6) is 0. The van der Waals surface area contributed by atoms with E-state index in [1.807, 2.05) is 64.6 Å². The molecule has 4 aromatic rings. The van der Waals surface area contributed by atoms with Gasteiger partial charge in [0.1, 0.15) is 5.71 Å². The van der Waals surface area contributed by atoms with Crippen molar-refractivity contribution >= 4 is 40.4 Å². The molecule has 0 radical (unpaired) electrons. The standard InChI is InChI=1S/C38H45N9/c1-7-47(27-26-46-25-24-45(6)29-46)37-22-16-34(17-23-37)41-40-33-14-8-30(9-15-33)28-39-42-38(31-10-18-35(19-11-31)43(2)3)32-12-20-36(21-13-32)44(4)5/h8-25,28H,7,26-27,29H2,1-6H3/b39-28+,41-40+. The average molecular weight is 628 g/mol. The molecule has 0 aromatic heterocycles. The molecular weight excluding hydrogens is 582 g/mol. The van der Waals surface area contributed by atoms with Crippen molar-refractivity contribution in [2.75, 3.05) is 76.2 Å². The molecule has 0 fully saturated rings. The molecule has 47 heavy (non-hydrogen) atoms. The van der Waals surface area contributed by atoms with E-state index in [1.54, 1.807) is 6.21 Å². The number of azo groups is 1. The van der Waals surface area contributed by atoms with Gasteiger partial charge in [0.05, 0.1) is 24.3 Å². The minimum atomic E-state index is 0.774. The molecule has 1 heterocycles. The first-order valence-corrected chi connectivity index (χ1v) is 15.9. The Morgan fingerprint density at radius 3 is 1.66 bits per heavy atom. The van der Waals surface area contributed by atoms with Crippen molar-refractivity contribution in [1.82, 2.24) is 9.80 Å². The van der Waals surface area contributed by atoms with Gasteiger partial charge in [-0.25, -0.2) is 0 Å². The van der Waals surface area contributed by atoms with E-state index in [2.05, 4.69) is 132 Å². The van der Waals surface area contributed by atoms with Crippen molar-refractivity contribution in [3.63, 3.8) is 0 Å². The summed E-state index contributed by atoms with van der Waals surface area (Å²) in [6.45, 7) is 6.03. The predicted molar refractivity (Wildman–Crippen MR) is 198 cm³/mol. The normalized spacial score (nSPS) is 12.7. The molecular formula is C38H45N9. The lowest BCUT2D eigenvalue weighted by Crippen LogP contribution is -2.33. The smallest absolute Gasteiger partial charge is 0.100 e. The SMILES string of the molecule is CCN(CCN1C=CN(C)C1)c1ccc(/N=N/c2ccc(/C=N/N=C(c3ccc(N(C)C)cc3)c3ccc(N(C)C)cc3)cc2)cc1. The van der Waals surface area contributed by atoms with Gasteiger partial charge in [-0.1, -0.05) is 36.4 Å². The molecule has 0 saturated carbocycles. The quantitative estimate of drug-likeness (QED) is 0.0868. The van der Waals surface area contributed by atoms with E-state index in [4.69, 9.17) is 0 Å². The maximum absolute atomic E-state index is 4.67. The number of anilines is 3. The van der Waals surface area contributed by atoms with Crippen molar-refractivity contribution in [1.29, 1.82) is 0 Å². The fourth-order valence-corrected chi connectivity index (χ4v) is 5.20. The molecule has 1 aliphatic rings. The van der Waals surface area contributed by atoms with Gasteiger partial charge in [-0.05, 0) is 73.2 Å². The summed E-state index contributed by atoms with van der Waals surface area (Å²) >= 11 is 0. The number of benzene rings is 4. The summed E-state index contributed by atoms with van der Waals surface area (Å²) in [5.41, 5.74) is 8.79.